The average Bonchev–Trinajstić information content (AvgIpc) is 2.54. The van der Waals surface area contributed by atoms with Gasteiger partial charge in [-0.15, -0.1) is 0 Å². The first kappa shape index (κ1) is 19.0. The van der Waals surface area contributed by atoms with Crippen LogP contribution in [0.1, 0.15) is 56.8 Å². The molecular formula is C18H28N2O3. The number of hydrogen-bond donors (Lipinski definition) is 1. The van der Waals surface area contributed by atoms with Gasteiger partial charge in [-0.25, -0.2) is 4.99 Å². The van der Waals surface area contributed by atoms with E-state index in [1.54, 1.807) is 31.4 Å². The molecule has 0 fully saturated rings. The average molecular weight is 320 g/mol. The van der Waals surface area contributed by atoms with Crippen molar-refractivity contribution in [3.8, 4) is 5.75 Å². The Balaban J connectivity index is 2.63. The molecule has 1 N–H and O–H groups in total. The molecule has 0 bridgehead atoms. The Morgan fingerprint density at radius 3 is 2.43 bits per heavy atom. The summed E-state index contributed by atoms with van der Waals surface area (Å²) in [5.74, 6) is 0.477. The monoisotopic (exact) mass is 320 g/mol. The van der Waals surface area contributed by atoms with Crippen molar-refractivity contribution in [2.24, 2.45) is 4.99 Å². The number of ether oxygens (including phenoxy) is 2. The number of carbonyl (C=O) groups excluding carboxylic acids is 1. The number of amides is 1. The van der Waals surface area contributed by atoms with Crippen LogP contribution < -0.4 is 10.1 Å². The molecule has 0 saturated heterocycles. The Hall–Kier alpha value is -2.04. The fraction of sp³-hybridized carbons (Fsp3) is 0.556. The highest BCUT2D eigenvalue weighted by Crippen LogP contribution is 2.11. The van der Waals surface area contributed by atoms with E-state index >= 15 is 0 Å². The van der Waals surface area contributed by atoms with Gasteiger partial charge in [0.15, 0.2) is 0 Å². The molecule has 0 unspecified atom stereocenters. The third kappa shape index (κ3) is 7.68. The standard InChI is InChI=1S/C18H28N2O3/c1-5-6-7-8-13-19-18(23-14(2)3)20-17(21)15-9-11-16(22-4)12-10-15/h9-12,14H,5-8,13H2,1-4H3,(H,19,20,21). The molecule has 1 aromatic carbocycles. The van der Waals surface area contributed by atoms with E-state index in [1.165, 1.54) is 12.8 Å². The van der Waals surface area contributed by atoms with Gasteiger partial charge in [-0.2, -0.15) is 0 Å². The van der Waals surface area contributed by atoms with Crippen molar-refractivity contribution >= 4 is 11.9 Å². The van der Waals surface area contributed by atoms with Gasteiger partial charge in [-0.3, -0.25) is 10.1 Å². The third-order valence-electron chi connectivity index (χ3n) is 3.19. The summed E-state index contributed by atoms with van der Waals surface area (Å²) < 4.78 is 10.7. The number of benzene rings is 1. The zero-order valence-corrected chi connectivity index (χ0v) is 14.6. The van der Waals surface area contributed by atoms with E-state index in [1.807, 2.05) is 13.8 Å². The topological polar surface area (TPSA) is 59.9 Å². The normalized spacial score (nSPS) is 11.4. The van der Waals surface area contributed by atoms with E-state index in [-0.39, 0.29) is 18.0 Å². The van der Waals surface area contributed by atoms with E-state index in [0.717, 1.165) is 12.8 Å². The molecule has 0 heterocycles. The molecule has 0 aliphatic carbocycles. The Labute approximate surface area is 139 Å². The van der Waals surface area contributed by atoms with Crippen LogP contribution >= 0.6 is 0 Å². The predicted molar refractivity (Wildman–Crippen MR) is 93.1 cm³/mol. The first-order valence-corrected chi connectivity index (χ1v) is 8.23. The second-order valence-electron chi connectivity index (χ2n) is 5.60. The molecule has 0 atom stereocenters. The Bertz CT molecular complexity index is 495. The third-order valence-corrected chi connectivity index (χ3v) is 3.19. The van der Waals surface area contributed by atoms with Crippen molar-refractivity contribution in [3.63, 3.8) is 0 Å². The number of amidine groups is 1. The zero-order chi connectivity index (χ0) is 17.1. The van der Waals surface area contributed by atoms with Crippen molar-refractivity contribution in [1.82, 2.24) is 5.32 Å². The molecular weight excluding hydrogens is 292 g/mol. The van der Waals surface area contributed by atoms with E-state index in [0.29, 0.717) is 17.9 Å². The summed E-state index contributed by atoms with van der Waals surface area (Å²) in [7, 11) is 1.59. The molecule has 0 aliphatic heterocycles. The molecule has 0 spiro atoms. The van der Waals surface area contributed by atoms with Crippen LogP contribution in [0.15, 0.2) is 29.3 Å². The molecule has 1 amide bonds. The first-order chi connectivity index (χ1) is 11.1. The predicted octanol–water partition coefficient (Wildman–Crippen LogP) is 3.79. The quantitative estimate of drug-likeness (QED) is 0.450. The van der Waals surface area contributed by atoms with E-state index in [2.05, 4.69) is 17.2 Å². The summed E-state index contributed by atoms with van der Waals surface area (Å²) in [5, 5.41) is 2.74. The lowest BCUT2D eigenvalue weighted by Crippen LogP contribution is -2.34. The van der Waals surface area contributed by atoms with Gasteiger partial charge in [0.05, 0.1) is 13.2 Å². The van der Waals surface area contributed by atoms with Crippen LogP contribution in [0, 0.1) is 0 Å². The van der Waals surface area contributed by atoms with Crippen molar-refractivity contribution in [2.45, 2.75) is 52.6 Å². The number of methoxy groups -OCH3 is 1. The van der Waals surface area contributed by atoms with Crippen LogP contribution in [0.3, 0.4) is 0 Å². The molecule has 0 aliphatic rings. The molecule has 1 rings (SSSR count). The molecule has 0 aromatic heterocycles. The number of nitrogens with zero attached hydrogens (tertiary/aromatic N) is 1. The maximum absolute atomic E-state index is 12.3. The van der Waals surface area contributed by atoms with Crippen molar-refractivity contribution in [3.05, 3.63) is 29.8 Å². The van der Waals surface area contributed by atoms with Crippen LogP contribution in [0.25, 0.3) is 0 Å². The van der Waals surface area contributed by atoms with Gasteiger partial charge in [-0.05, 0) is 44.5 Å². The molecule has 1 aromatic rings. The van der Waals surface area contributed by atoms with Gasteiger partial charge < -0.3 is 9.47 Å². The van der Waals surface area contributed by atoms with Crippen molar-refractivity contribution in [2.75, 3.05) is 13.7 Å². The second-order valence-corrected chi connectivity index (χ2v) is 5.60. The van der Waals surface area contributed by atoms with Crippen LogP contribution in [-0.2, 0) is 4.74 Å². The van der Waals surface area contributed by atoms with Crippen LogP contribution in [0.4, 0.5) is 0 Å². The lowest BCUT2D eigenvalue weighted by Gasteiger charge is -2.13. The zero-order valence-electron chi connectivity index (χ0n) is 14.6. The summed E-state index contributed by atoms with van der Waals surface area (Å²) in [6, 6.07) is 7.21. The fourth-order valence-electron chi connectivity index (χ4n) is 1.96. The number of carbonyl (C=O) groups is 1. The Morgan fingerprint density at radius 2 is 1.87 bits per heavy atom. The SMILES string of the molecule is CCCCCCN=C(NC(=O)c1ccc(OC)cc1)OC(C)C. The van der Waals surface area contributed by atoms with Gasteiger partial charge in [0.25, 0.3) is 11.9 Å². The maximum atomic E-state index is 12.3. The maximum Gasteiger partial charge on any atom is 0.291 e. The van der Waals surface area contributed by atoms with Gasteiger partial charge in [0.1, 0.15) is 5.75 Å². The summed E-state index contributed by atoms with van der Waals surface area (Å²) in [4.78, 5) is 16.6. The summed E-state index contributed by atoms with van der Waals surface area (Å²) in [6.07, 6.45) is 4.49. The number of rotatable bonds is 8. The summed E-state index contributed by atoms with van der Waals surface area (Å²) in [5.41, 5.74) is 0.539. The van der Waals surface area contributed by atoms with E-state index < -0.39 is 0 Å². The highest BCUT2D eigenvalue weighted by molar-refractivity contribution is 6.04. The van der Waals surface area contributed by atoms with E-state index in [9.17, 15) is 4.79 Å². The second kappa shape index (κ2) is 10.6. The molecule has 5 heteroatoms. The fourth-order valence-corrected chi connectivity index (χ4v) is 1.96. The van der Waals surface area contributed by atoms with Crippen LogP contribution in [0.2, 0.25) is 0 Å². The molecule has 23 heavy (non-hydrogen) atoms. The highest BCUT2D eigenvalue weighted by atomic mass is 16.5. The minimum Gasteiger partial charge on any atom is -0.497 e. The van der Waals surface area contributed by atoms with Crippen molar-refractivity contribution in [1.29, 1.82) is 0 Å². The van der Waals surface area contributed by atoms with Gasteiger partial charge in [0, 0.05) is 12.1 Å². The minimum absolute atomic E-state index is 0.0411. The van der Waals surface area contributed by atoms with Gasteiger partial charge >= 0.3 is 0 Å². The number of nitrogens with one attached hydrogen (secondary N) is 1. The summed E-state index contributed by atoms with van der Waals surface area (Å²) in [6.45, 7) is 6.65. The minimum atomic E-state index is -0.236. The lowest BCUT2D eigenvalue weighted by molar-refractivity contribution is 0.0959. The van der Waals surface area contributed by atoms with Crippen molar-refractivity contribution < 1.29 is 14.3 Å². The smallest absolute Gasteiger partial charge is 0.291 e. The largest absolute Gasteiger partial charge is 0.497 e. The highest BCUT2D eigenvalue weighted by Gasteiger charge is 2.11. The number of aliphatic imine (C=N–C) groups is 1. The Morgan fingerprint density at radius 1 is 1.17 bits per heavy atom. The van der Waals surface area contributed by atoms with Crippen LogP contribution in [0.5, 0.6) is 5.75 Å². The number of unbranched alkanes of at least 4 members (excludes halogenated alkanes) is 3. The first-order valence-electron chi connectivity index (χ1n) is 8.23. The molecule has 0 saturated carbocycles. The molecule has 0 radical (unpaired) electrons. The molecule has 128 valence electrons. The van der Waals surface area contributed by atoms with Gasteiger partial charge in [0.2, 0.25) is 0 Å². The molecule has 5 nitrogen and oxygen atoms in total. The lowest BCUT2D eigenvalue weighted by atomic mass is 10.2. The van der Waals surface area contributed by atoms with E-state index in [4.69, 9.17) is 9.47 Å². The Kier molecular flexibility index (Phi) is 8.80. The number of hydrogen-bond acceptors (Lipinski definition) is 4. The van der Waals surface area contributed by atoms with Crippen LogP contribution in [-0.4, -0.2) is 31.7 Å². The van der Waals surface area contributed by atoms with Gasteiger partial charge in [-0.1, -0.05) is 26.2 Å². The summed E-state index contributed by atoms with van der Waals surface area (Å²) >= 11 is 0.